The molecule has 0 bridgehead atoms. The van der Waals surface area contributed by atoms with Gasteiger partial charge in [-0.25, -0.2) is 4.98 Å². The van der Waals surface area contributed by atoms with E-state index in [1.807, 2.05) is 29.8 Å². The van der Waals surface area contributed by atoms with E-state index in [4.69, 9.17) is 0 Å². The van der Waals surface area contributed by atoms with Crippen LogP contribution in [-0.4, -0.2) is 20.3 Å². The Labute approximate surface area is 116 Å². The Kier molecular flexibility index (Phi) is 4.19. The second-order valence-electron chi connectivity index (χ2n) is 4.86. The second kappa shape index (κ2) is 5.67. The van der Waals surface area contributed by atoms with Gasteiger partial charge in [0, 0.05) is 16.9 Å². The molecule has 18 heavy (non-hydrogen) atoms. The Bertz CT molecular complexity index is 477. The topological polar surface area (TPSA) is 38.0 Å². The van der Waals surface area contributed by atoms with Gasteiger partial charge >= 0.3 is 0 Å². The highest BCUT2D eigenvalue weighted by molar-refractivity contribution is 9.10. The lowest BCUT2D eigenvalue weighted by Crippen LogP contribution is -2.30. The van der Waals surface area contributed by atoms with Crippen LogP contribution in [0.3, 0.4) is 0 Å². The first-order valence-corrected chi connectivity index (χ1v) is 6.77. The van der Waals surface area contributed by atoms with Crippen molar-refractivity contribution < 1.29 is 5.11 Å². The molecule has 0 radical (unpaired) electrons. The van der Waals surface area contributed by atoms with E-state index in [-0.39, 0.29) is 0 Å². The summed E-state index contributed by atoms with van der Waals surface area (Å²) in [6, 6.07) is 8.22. The van der Waals surface area contributed by atoms with E-state index >= 15 is 0 Å². The molecule has 0 aliphatic rings. The van der Waals surface area contributed by atoms with Gasteiger partial charge in [-0.2, -0.15) is 0 Å². The lowest BCUT2D eigenvalue weighted by atomic mass is 9.97. The molecule has 2 aromatic rings. The van der Waals surface area contributed by atoms with Gasteiger partial charge in [-0.1, -0.05) is 28.1 Å². The largest absolute Gasteiger partial charge is 0.388 e. The highest BCUT2D eigenvalue weighted by Gasteiger charge is 2.20. The lowest BCUT2D eigenvalue weighted by molar-refractivity contribution is 0.0334. The molecule has 1 heterocycles. The number of hydrogen-bond donors (Lipinski definition) is 1. The van der Waals surface area contributed by atoms with Crippen LogP contribution in [0, 0.1) is 0 Å². The molecule has 0 saturated heterocycles. The van der Waals surface area contributed by atoms with E-state index in [1.165, 1.54) is 5.56 Å². The van der Waals surface area contributed by atoms with E-state index in [0.29, 0.717) is 6.54 Å². The number of imidazole rings is 1. The Morgan fingerprint density at radius 2 is 2.06 bits per heavy atom. The molecule has 0 aliphatic heterocycles. The number of hydrogen-bond acceptors (Lipinski definition) is 2. The molecule has 2 rings (SSSR count). The minimum absolute atomic E-state index is 0.573. The Morgan fingerprint density at radius 3 is 2.67 bits per heavy atom. The average molecular weight is 309 g/mol. The standard InChI is InChI=1S/C14H17BrN2O/c1-14(18,10-17-9-8-16-11-17)7-6-12-2-4-13(15)5-3-12/h2-5,8-9,11,18H,6-7,10H2,1H3. The molecule has 1 unspecified atom stereocenters. The zero-order chi connectivity index (χ0) is 13.0. The van der Waals surface area contributed by atoms with Crippen LogP contribution in [0.4, 0.5) is 0 Å². The number of aliphatic hydroxyl groups is 1. The molecule has 96 valence electrons. The van der Waals surface area contributed by atoms with Crippen LogP contribution in [-0.2, 0) is 13.0 Å². The van der Waals surface area contributed by atoms with E-state index in [0.717, 1.165) is 17.3 Å². The SMILES string of the molecule is CC(O)(CCc1ccc(Br)cc1)Cn1ccnc1. The smallest absolute Gasteiger partial charge is 0.0946 e. The summed E-state index contributed by atoms with van der Waals surface area (Å²) in [5, 5.41) is 10.3. The predicted octanol–water partition coefficient (Wildman–Crippen LogP) is 3.03. The fraction of sp³-hybridized carbons (Fsp3) is 0.357. The summed E-state index contributed by atoms with van der Waals surface area (Å²) < 4.78 is 2.98. The number of halogens is 1. The molecule has 4 heteroatoms. The van der Waals surface area contributed by atoms with Crippen molar-refractivity contribution in [3.05, 3.63) is 53.0 Å². The van der Waals surface area contributed by atoms with Crippen molar-refractivity contribution in [2.24, 2.45) is 0 Å². The molecule has 0 spiro atoms. The Morgan fingerprint density at radius 1 is 1.33 bits per heavy atom. The summed E-state index contributed by atoms with van der Waals surface area (Å²) in [5.74, 6) is 0. The number of benzene rings is 1. The van der Waals surface area contributed by atoms with Crippen molar-refractivity contribution in [3.63, 3.8) is 0 Å². The maximum absolute atomic E-state index is 10.3. The van der Waals surface area contributed by atoms with Crippen LogP contribution in [0.5, 0.6) is 0 Å². The van der Waals surface area contributed by atoms with Gasteiger partial charge in [0.05, 0.1) is 18.5 Å². The summed E-state index contributed by atoms with van der Waals surface area (Å²) in [6.07, 6.45) is 6.93. The molecular weight excluding hydrogens is 292 g/mol. The highest BCUT2D eigenvalue weighted by atomic mass is 79.9. The van der Waals surface area contributed by atoms with Gasteiger partial charge in [0.2, 0.25) is 0 Å². The minimum Gasteiger partial charge on any atom is -0.388 e. The number of aryl methyl sites for hydroxylation is 1. The van der Waals surface area contributed by atoms with Gasteiger partial charge in [-0.3, -0.25) is 0 Å². The fourth-order valence-electron chi connectivity index (χ4n) is 1.92. The normalized spacial score (nSPS) is 14.4. The number of nitrogens with zero attached hydrogens (tertiary/aromatic N) is 2. The van der Waals surface area contributed by atoms with Crippen molar-refractivity contribution in [3.8, 4) is 0 Å². The van der Waals surface area contributed by atoms with E-state index in [1.54, 1.807) is 12.5 Å². The maximum atomic E-state index is 10.3. The van der Waals surface area contributed by atoms with Crippen LogP contribution < -0.4 is 0 Å². The van der Waals surface area contributed by atoms with E-state index < -0.39 is 5.60 Å². The maximum Gasteiger partial charge on any atom is 0.0946 e. The molecular formula is C14H17BrN2O. The van der Waals surface area contributed by atoms with Crippen molar-refractivity contribution in [2.45, 2.75) is 31.9 Å². The summed E-state index contributed by atoms with van der Waals surface area (Å²) in [4.78, 5) is 3.98. The summed E-state index contributed by atoms with van der Waals surface area (Å²) >= 11 is 3.42. The molecule has 3 nitrogen and oxygen atoms in total. The van der Waals surface area contributed by atoms with Crippen molar-refractivity contribution in [1.82, 2.24) is 9.55 Å². The van der Waals surface area contributed by atoms with E-state index in [9.17, 15) is 5.11 Å². The molecule has 0 aliphatic carbocycles. The van der Waals surface area contributed by atoms with Crippen LogP contribution >= 0.6 is 15.9 Å². The molecule has 0 fully saturated rings. The predicted molar refractivity (Wildman–Crippen MR) is 75.3 cm³/mol. The molecule has 1 N–H and O–H groups in total. The fourth-order valence-corrected chi connectivity index (χ4v) is 2.18. The molecule has 1 aromatic carbocycles. The van der Waals surface area contributed by atoms with E-state index in [2.05, 4.69) is 33.0 Å². The molecule has 1 aromatic heterocycles. The third-order valence-corrected chi connectivity index (χ3v) is 3.48. The van der Waals surface area contributed by atoms with Crippen LogP contribution in [0.15, 0.2) is 47.5 Å². The number of rotatable bonds is 5. The monoisotopic (exact) mass is 308 g/mol. The van der Waals surface area contributed by atoms with Crippen LogP contribution in [0.1, 0.15) is 18.9 Å². The van der Waals surface area contributed by atoms with Crippen molar-refractivity contribution >= 4 is 15.9 Å². The van der Waals surface area contributed by atoms with Gasteiger partial charge in [0.25, 0.3) is 0 Å². The third kappa shape index (κ3) is 3.96. The van der Waals surface area contributed by atoms with Gasteiger partial charge in [0.1, 0.15) is 0 Å². The first kappa shape index (κ1) is 13.3. The third-order valence-electron chi connectivity index (χ3n) is 2.95. The zero-order valence-corrected chi connectivity index (χ0v) is 12.0. The summed E-state index contributed by atoms with van der Waals surface area (Å²) in [7, 11) is 0. The first-order valence-electron chi connectivity index (χ1n) is 5.98. The van der Waals surface area contributed by atoms with Gasteiger partial charge in [-0.05, 0) is 37.5 Å². The minimum atomic E-state index is -0.715. The summed E-state index contributed by atoms with van der Waals surface area (Å²) in [6.45, 7) is 2.44. The summed E-state index contributed by atoms with van der Waals surface area (Å²) in [5.41, 5.74) is 0.525. The molecule has 0 amide bonds. The molecule has 1 atom stereocenters. The zero-order valence-electron chi connectivity index (χ0n) is 10.4. The Balaban J connectivity index is 1.90. The average Bonchev–Trinajstić information content (AvgIpc) is 2.80. The van der Waals surface area contributed by atoms with Gasteiger partial charge in [-0.15, -0.1) is 0 Å². The highest BCUT2D eigenvalue weighted by Crippen LogP contribution is 2.18. The first-order chi connectivity index (χ1) is 8.55. The number of aromatic nitrogens is 2. The van der Waals surface area contributed by atoms with Crippen molar-refractivity contribution in [2.75, 3.05) is 0 Å². The Hall–Kier alpha value is -1.13. The van der Waals surface area contributed by atoms with Gasteiger partial charge in [0.15, 0.2) is 0 Å². The van der Waals surface area contributed by atoms with Gasteiger partial charge < -0.3 is 9.67 Å². The van der Waals surface area contributed by atoms with Crippen LogP contribution in [0.25, 0.3) is 0 Å². The van der Waals surface area contributed by atoms with Crippen LogP contribution in [0.2, 0.25) is 0 Å². The van der Waals surface area contributed by atoms with Crippen molar-refractivity contribution in [1.29, 1.82) is 0 Å². The molecule has 0 saturated carbocycles. The lowest BCUT2D eigenvalue weighted by Gasteiger charge is -2.23. The quantitative estimate of drug-likeness (QED) is 0.922. The second-order valence-corrected chi connectivity index (χ2v) is 5.77.